The summed E-state index contributed by atoms with van der Waals surface area (Å²) in [6.07, 6.45) is 3.46. The van der Waals surface area contributed by atoms with Crippen molar-refractivity contribution in [3.8, 4) is 5.75 Å². The second-order valence-electron chi connectivity index (χ2n) is 3.21. The summed E-state index contributed by atoms with van der Waals surface area (Å²) in [5.41, 5.74) is 1.71. The summed E-state index contributed by atoms with van der Waals surface area (Å²) in [5, 5.41) is 3.85. The van der Waals surface area contributed by atoms with E-state index in [1.807, 2.05) is 24.3 Å². The SMILES string of the molecule is COc1ccc(Cl)cc1Nc1cccnc1. The lowest BCUT2D eigenvalue weighted by molar-refractivity contribution is 0.417. The molecule has 2 rings (SSSR count). The van der Waals surface area contributed by atoms with E-state index in [0.717, 1.165) is 17.1 Å². The molecule has 0 aliphatic heterocycles. The van der Waals surface area contributed by atoms with E-state index in [2.05, 4.69) is 10.3 Å². The lowest BCUT2D eigenvalue weighted by atomic mass is 10.2. The number of nitrogens with one attached hydrogen (secondary N) is 1. The van der Waals surface area contributed by atoms with Crippen LogP contribution in [-0.4, -0.2) is 12.1 Å². The number of pyridine rings is 1. The molecule has 0 saturated heterocycles. The van der Waals surface area contributed by atoms with Crippen LogP contribution in [0.3, 0.4) is 0 Å². The highest BCUT2D eigenvalue weighted by atomic mass is 35.5. The molecule has 0 aliphatic carbocycles. The summed E-state index contributed by atoms with van der Waals surface area (Å²) >= 11 is 5.93. The smallest absolute Gasteiger partial charge is 0.142 e. The maximum absolute atomic E-state index is 5.93. The highest BCUT2D eigenvalue weighted by Crippen LogP contribution is 2.29. The standard InChI is InChI=1S/C12H11ClN2O/c1-16-12-5-4-9(13)7-11(12)15-10-3-2-6-14-8-10/h2-8,15H,1H3. The Kier molecular flexibility index (Phi) is 3.27. The van der Waals surface area contributed by atoms with Crippen molar-refractivity contribution in [2.24, 2.45) is 0 Å². The van der Waals surface area contributed by atoms with Gasteiger partial charge in [-0.25, -0.2) is 0 Å². The molecule has 0 amide bonds. The van der Waals surface area contributed by atoms with E-state index in [0.29, 0.717) is 5.02 Å². The zero-order valence-electron chi connectivity index (χ0n) is 8.77. The molecule has 1 N–H and O–H groups in total. The van der Waals surface area contributed by atoms with E-state index in [9.17, 15) is 0 Å². The second kappa shape index (κ2) is 4.86. The first-order valence-corrected chi connectivity index (χ1v) is 5.18. The van der Waals surface area contributed by atoms with Crippen molar-refractivity contribution in [2.75, 3.05) is 12.4 Å². The first kappa shape index (κ1) is 10.8. The Bertz CT molecular complexity index is 474. The average molecular weight is 235 g/mol. The minimum atomic E-state index is 0.659. The fraction of sp³-hybridized carbons (Fsp3) is 0.0833. The van der Waals surface area contributed by atoms with Crippen molar-refractivity contribution in [3.05, 3.63) is 47.7 Å². The number of aromatic nitrogens is 1. The molecule has 0 radical (unpaired) electrons. The third-order valence-corrected chi connectivity index (χ3v) is 2.34. The first-order valence-electron chi connectivity index (χ1n) is 4.80. The highest BCUT2D eigenvalue weighted by molar-refractivity contribution is 6.31. The van der Waals surface area contributed by atoms with E-state index >= 15 is 0 Å². The highest BCUT2D eigenvalue weighted by Gasteiger charge is 2.03. The maximum Gasteiger partial charge on any atom is 0.142 e. The number of methoxy groups -OCH3 is 1. The first-order chi connectivity index (χ1) is 7.79. The number of hydrogen-bond donors (Lipinski definition) is 1. The molecule has 1 heterocycles. The normalized spacial score (nSPS) is 9.88. The van der Waals surface area contributed by atoms with E-state index < -0.39 is 0 Å². The van der Waals surface area contributed by atoms with E-state index in [1.54, 1.807) is 25.6 Å². The van der Waals surface area contributed by atoms with Crippen LogP contribution in [0.25, 0.3) is 0 Å². The Morgan fingerprint density at radius 2 is 2.19 bits per heavy atom. The molecule has 1 aromatic heterocycles. The molecule has 0 bridgehead atoms. The molecular formula is C12H11ClN2O. The van der Waals surface area contributed by atoms with Crippen LogP contribution in [0.15, 0.2) is 42.7 Å². The molecule has 2 aromatic rings. The third-order valence-electron chi connectivity index (χ3n) is 2.10. The zero-order valence-corrected chi connectivity index (χ0v) is 9.53. The fourth-order valence-electron chi connectivity index (χ4n) is 1.37. The molecule has 0 atom stereocenters. The Morgan fingerprint density at radius 1 is 1.31 bits per heavy atom. The monoisotopic (exact) mass is 234 g/mol. The molecule has 0 aliphatic rings. The van der Waals surface area contributed by atoms with E-state index in [-0.39, 0.29) is 0 Å². The minimum absolute atomic E-state index is 0.659. The molecule has 4 heteroatoms. The largest absolute Gasteiger partial charge is 0.495 e. The number of anilines is 2. The van der Waals surface area contributed by atoms with Crippen molar-refractivity contribution in [1.82, 2.24) is 4.98 Å². The van der Waals surface area contributed by atoms with Crippen LogP contribution in [0.5, 0.6) is 5.75 Å². The Labute approximate surface area is 99.0 Å². The van der Waals surface area contributed by atoms with Gasteiger partial charge in [0.25, 0.3) is 0 Å². The summed E-state index contributed by atoms with van der Waals surface area (Å²) in [5.74, 6) is 0.744. The van der Waals surface area contributed by atoms with Crippen molar-refractivity contribution < 1.29 is 4.74 Å². The second-order valence-corrected chi connectivity index (χ2v) is 3.65. The number of rotatable bonds is 3. The van der Waals surface area contributed by atoms with Crippen LogP contribution in [-0.2, 0) is 0 Å². The van der Waals surface area contributed by atoms with Crippen molar-refractivity contribution in [2.45, 2.75) is 0 Å². The van der Waals surface area contributed by atoms with Gasteiger partial charge in [-0.1, -0.05) is 11.6 Å². The van der Waals surface area contributed by atoms with Crippen LogP contribution in [0.1, 0.15) is 0 Å². The van der Waals surface area contributed by atoms with Crippen molar-refractivity contribution in [1.29, 1.82) is 0 Å². The predicted molar refractivity (Wildman–Crippen MR) is 65.5 cm³/mol. The number of ether oxygens (including phenoxy) is 1. The molecule has 0 saturated carbocycles. The fourth-order valence-corrected chi connectivity index (χ4v) is 1.54. The van der Waals surface area contributed by atoms with Gasteiger partial charge < -0.3 is 10.1 Å². The average Bonchev–Trinajstić information content (AvgIpc) is 2.31. The molecular weight excluding hydrogens is 224 g/mol. The summed E-state index contributed by atoms with van der Waals surface area (Å²) in [6, 6.07) is 9.20. The maximum atomic E-state index is 5.93. The van der Waals surface area contributed by atoms with Crippen LogP contribution >= 0.6 is 11.6 Å². The van der Waals surface area contributed by atoms with Crippen molar-refractivity contribution >= 4 is 23.0 Å². The van der Waals surface area contributed by atoms with Gasteiger partial charge in [0.1, 0.15) is 5.75 Å². The molecule has 0 unspecified atom stereocenters. The van der Waals surface area contributed by atoms with Gasteiger partial charge in [-0.15, -0.1) is 0 Å². The van der Waals surface area contributed by atoms with Gasteiger partial charge in [-0.05, 0) is 30.3 Å². The van der Waals surface area contributed by atoms with Gasteiger partial charge in [-0.2, -0.15) is 0 Å². The Balaban J connectivity index is 2.30. The van der Waals surface area contributed by atoms with Gasteiger partial charge in [-0.3, -0.25) is 4.98 Å². The molecule has 0 spiro atoms. The topological polar surface area (TPSA) is 34.1 Å². The molecule has 0 fully saturated rings. The minimum Gasteiger partial charge on any atom is -0.495 e. The van der Waals surface area contributed by atoms with E-state index in [1.165, 1.54) is 0 Å². The van der Waals surface area contributed by atoms with Crippen molar-refractivity contribution in [3.63, 3.8) is 0 Å². The van der Waals surface area contributed by atoms with Crippen LogP contribution in [0, 0.1) is 0 Å². The van der Waals surface area contributed by atoms with Crippen LogP contribution in [0.4, 0.5) is 11.4 Å². The zero-order chi connectivity index (χ0) is 11.4. The molecule has 1 aromatic carbocycles. The molecule has 16 heavy (non-hydrogen) atoms. The van der Waals surface area contributed by atoms with Gasteiger partial charge >= 0.3 is 0 Å². The molecule has 3 nitrogen and oxygen atoms in total. The van der Waals surface area contributed by atoms with Crippen LogP contribution < -0.4 is 10.1 Å². The summed E-state index contributed by atoms with van der Waals surface area (Å²) in [6.45, 7) is 0. The third kappa shape index (κ3) is 2.44. The summed E-state index contributed by atoms with van der Waals surface area (Å²) < 4.78 is 5.23. The molecule has 82 valence electrons. The van der Waals surface area contributed by atoms with Crippen LogP contribution in [0.2, 0.25) is 5.02 Å². The number of benzene rings is 1. The number of hydrogen-bond acceptors (Lipinski definition) is 3. The van der Waals surface area contributed by atoms with E-state index in [4.69, 9.17) is 16.3 Å². The van der Waals surface area contributed by atoms with Gasteiger partial charge in [0.15, 0.2) is 0 Å². The Morgan fingerprint density at radius 3 is 2.88 bits per heavy atom. The lowest BCUT2D eigenvalue weighted by Crippen LogP contribution is -1.94. The summed E-state index contributed by atoms with van der Waals surface area (Å²) in [7, 11) is 1.62. The van der Waals surface area contributed by atoms with Gasteiger partial charge in [0.2, 0.25) is 0 Å². The summed E-state index contributed by atoms with van der Waals surface area (Å²) in [4.78, 5) is 4.02. The quantitative estimate of drug-likeness (QED) is 0.883. The lowest BCUT2D eigenvalue weighted by Gasteiger charge is -2.10. The Hall–Kier alpha value is -1.74. The van der Waals surface area contributed by atoms with Gasteiger partial charge in [0, 0.05) is 11.2 Å². The predicted octanol–water partition coefficient (Wildman–Crippen LogP) is 3.49. The number of nitrogens with zero attached hydrogens (tertiary/aromatic N) is 1. The number of halogens is 1. The van der Waals surface area contributed by atoms with Gasteiger partial charge in [0.05, 0.1) is 24.7 Å².